The van der Waals surface area contributed by atoms with Crippen molar-refractivity contribution >= 4 is 103 Å². The van der Waals surface area contributed by atoms with Crippen LogP contribution in [-0.4, -0.2) is 95.1 Å². The number of urea groups is 1. The standard InChI is InChI=1S/C15H15ClFN3O3S2.C14H10F4N4O7S.C8H6Cl2O3/c1-23-13(21)8-24-12-7-11(10(17)6-9(12)16)18-14-19-4-2-3-5-20(19)15(22)25-14;15-11(16)28-8-5-9(29-12(17)18)20-13(19-8)21-14(25)22-30(26,27)7-4-2-1-3-6(7)10(23)24;1-13-7-5(10)3-2-4(9)6(7)8(11)12/h6-7H,2-5,8H2,1H3;1-5,11-12H,(H,23,24)(H2,19,20,21,22,25);2-3H,1H3,(H,11,12). The molecule has 1 aliphatic heterocycles. The number of fused-ring (bicyclic) bond motifs is 1. The topological polar surface area (TPSA) is 269 Å². The molecule has 0 atom stereocenters. The van der Waals surface area contributed by atoms with Gasteiger partial charge in [0, 0.05) is 18.0 Å². The number of hydrogen-bond donors (Lipinski definition) is 4. The number of aromatic nitrogens is 4. The number of alkyl halides is 4. The van der Waals surface area contributed by atoms with E-state index in [0.29, 0.717) is 28.9 Å². The molecule has 0 fully saturated rings. The minimum Gasteiger partial charge on any atom is -0.494 e. The Morgan fingerprint density at radius 1 is 0.882 bits per heavy atom. The van der Waals surface area contributed by atoms with Gasteiger partial charge < -0.3 is 29.2 Å². The van der Waals surface area contributed by atoms with Gasteiger partial charge in [-0.15, -0.1) is 11.8 Å². The van der Waals surface area contributed by atoms with Crippen LogP contribution in [0.3, 0.4) is 0 Å². The average Bonchev–Trinajstić information content (AvgIpc) is 3.58. The number of carboxylic acid groups (broad SMARTS) is 2. The molecule has 4 N–H and O–H groups in total. The maximum absolute atomic E-state index is 14.3. The van der Waals surface area contributed by atoms with Crippen LogP contribution < -0.4 is 33.9 Å². The number of carbonyl (C=O) groups excluding carboxylic acids is 2. The predicted octanol–water partition coefficient (Wildman–Crippen LogP) is 7.38. The van der Waals surface area contributed by atoms with E-state index in [1.54, 1.807) is 14.7 Å². The third kappa shape index (κ3) is 15.2. The molecule has 0 spiro atoms. The number of aromatic carboxylic acids is 2. The van der Waals surface area contributed by atoms with Crippen molar-refractivity contribution in [3.63, 3.8) is 0 Å². The average molecular weight is 1080 g/mol. The van der Waals surface area contributed by atoms with Gasteiger partial charge in [-0.2, -0.15) is 27.5 Å². The molecule has 20 nitrogen and oxygen atoms in total. The summed E-state index contributed by atoms with van der Waals surface area (Å²) in [5, 5.41) is 20.0. The van der Waals surface area contributed by atoms with Gasteiger partial charge in [-0.3, -0.25) is 19.6 Å². The van der Waals surface area contributed by atoms with Gasteiger partial charge in [-0.1, -0.05) is 46.9 Å². The number of nitrogens with zero attached hydrogens (tertiary/aromatic N) is 5. The van der Waals surface area contributed by atoms with Crippen molar-refractivity contribution in [2.75, 3.05) is 25.3 Å². The van der Waals surface area contributed by atoms with Crippen LogP contribution in [0.1, 0.15) is 33.6 Å². The summed E-state index contributed by atoms with van der Waals surface area (Å²) < 4.78 is 110. The lowest BCUT2D eigenvalue weighted by molar-refractivity contribution is -0.137. The first-order chi connectivity index (χ1) is 32.0. The molecule has 1 aliphatic rings. The molecule has 2 aromatic heterocycles. The molecule has 31 heteroatoms. The lowest BCUT2D eigenvalue weighted by atomic mass is 10.2. The number of amides is 2. The van der Waals surface area contributed by atoms with E-state index < -0.39 is 81.2 Å². The lowest BCUT2D eigenvalue weighted by Gasteiger charge is -2.15. The Labute approximate surface area is 402 Å². The molecule has 3 heterocycles. The molecule has 366 valence electrons. The first-order valence-electron chi connectivity index (χ1n) is 18.3. The minimum atomic E-state index is -4.71. The van der Waals surface area contributed by atoms with Crippen LogP contribution in [-0.2, 0) is 32.6 Å². The summed E-state index contributed by atoms with van der Waals surface area (Å²) in [6.07, 6.45) is 1.90. The summed E-state index contributed by atoms with van der Waals surface area (Å²) in [5.74, 6) is -6.46. The number of nitrogens with one attached hydrogen (secondary N) is 2. The Morgan fingerprint density at radius 3 is 2.04 bits per heavy atom. The van der Waals surface area contributed by atoms with Crippen molar-refractivity contribution in [2.45, 2.75) is 48.9 Å². The summed E-state index contributed by atoms with van der Waals surface area (Å²) >= 11 is 19.5. The van der Waals surface area contributed by atoms with E-state index >= 15 is 0 Å². The number of anilines is 1. The number of carboxylic acids is 2. The normalized spacial score (nSPS) is 12.1. The van der Waals surface area contributed by atoms with Crippen molar-refractivity contribution in [3.05, 3.63) is 101 Å². The van der Waals surface area contributed by atoms with Crippen molar-refractivity contribution < 1.29 is 78.7 Å². The fourth-order valence-corrected chi connectivity index (χ4v) is 8.87. The van der Waals surface area contributed by atoms with E-state index in [1.807, 2.05) is 0 Å². The highest BCUT2D eigenvalue weighted by molar-refractivity contribution is 8.00. The quantitative estimate of drug-likeness (QED) is 0.0480. The summed E-state index contributed by atoms with van der Waals surface area (Å²) in [6.45, 7) is -5.49. The van der Waals surface area contributed by atoms with E-state index in [1.165, 1.54) is 49.3 Å². The number of thioether (sulfide) groups is 1. The third-order valence-corrected chi connectivity index (χ3v) is 12.4. The molecule has 6 rings (SSSR count). The van der Waals surface area contributed by atoms with Crippen LogP contribution in [0.5, 0.6) is 17.5 Å². The van der Waals surface area contributed by atoms with Crippen molar-refractivity contribution in [2.24, 2.45) is 4.99 Å². The molecule has 0 saturated carbocycles. The van der Waals surface area contributed by atoms with Crippen LogP contribution in [0.2, 0.25) is 15.1 Å². The fourth-order valence-electron chi connectivity index (χ4n) is 5.31. The lowest BCUT2D eigenvalue weighted by Crippen LogP contribution is -2.35. The number of hydrogen-bond acceptors (Lipinski definition) is 16. The largest absolute Gasteiger partial charge is 0.494 e. The van der Waals surface area contributed by atoms with Gasteiger partial charge in [-0.25, -0.2) is 41.6 Å². The molecular formula is C37H31Cl3F5N7O13S3. The number of esters is 1. The highest BCUT2D eigenvalue weighted by Gasteiger charge is 2.25. The summed E-state index contributed by atoms with van der Waals surface area (Å²) in [7, 11) is -2.08. The molecule has 68 heavy (non-hydrogen) atoms. The van der Waals surface area contributed by atoms with Crippen molar-refractivity contribution in [1.82, 2.24) is 24.1 Å². The number of ether oxygens (including phenoxy) is 4. The predicted molar refractivity (Wildman–Crippen MR) is 233 cm³/mol. The SMILES string of the molecule is COC(=O)CSc1cc(N=c2sc(=O)n3n2CCCC3)c(F)cc1Cl.COc1c(Cl)ccc(Cl)c1C(=O)O.O=C(Nc1nc(OC(F)F)cc(OC(F)F)n1)NS(=O)(=O)c1ccccc1C(=O)O. The molecule has 0 aliphatic carbocycles. The highest BCUT2D eigenvalue weighted by atomic mass is 35.5. The minimum absolute atomic E-state index is 0.0605. The molecule has 0 unspecified atom stereocenters. The van der Waals surface area contributed by atoms with Gasteiger partial charge >= 0.3 is 42.0 Å². The first-order valence-corrected chi connectivity index (χ1v) is 22.7. The number of carbonyl (C=O) groups is 4. The van der Waals surface area contributed by atoms with Gasteiger partial charge in [0.25, 0.3) is 10.0 Å². The zero-order chi connectivity index (χ0) is 50.5. The van der Waals surface area contributed by atoms with Crippen LogP contribution in [0.15, 0.2) is 74.2 Å². The van der Waals surface area contributed by atoms with Crippen LogP contribution in [0, 0.1) is 5.82 Å². The molecule has 5 aromatic rings. The molecule has 0 bridgehead atoms. The Morgan fingerprint density at radius 2 is 1.49 bits per heavy atom. The van der Waals surface area contributed by atoms with E-state index in [0.717, 1.165) is 54.1 Å². The zero-order valence-corrected chi connectivity index (χ0v) is 39.0. The summed E-state index contributed by atoms with van der Waals surface area (Å²) in [5.41, 5.74) is -0.676. The van der Waals surface area contributed by atoms with Gasteiger partial charge in [0.15, 0.2) is 5.75 Å². The smallest absolute Gasteiger partial charge is 0.388 e. The Hall–Kier alpha value is -6.20. The molecule has 0 radical (unpaired) electrons. The molecule has 3 aromatic carbocycles. The zero-order valence-electron chi connectivity index (χ0n) is 34.3. The fraction of sp³-hybridized carbons (Fsp3) is 0.243. The summed E-state index contributed by atoms with van der Waals surface area (Å²) in [6, 6.07) is 8.76. The van der Waals surface area contributed by atoms with E-state index in [-0.39, 0.29) is 42.7 Å². The van der Waals surface area contributed by atoms with Crippen molar-refractivity contribution in [1.29, 1.82) is 0 Å². The first kappa shape index (κ1) is 54.4. The number of halogens is 8. The van der Waals surface area contributed by atoms with Gasteiger partial charge in [0.1, 0.15) is 22.0 Å². The second-order valence-corrected chi connectivity index (χ2v) is 17.4. The van der Waals surface area contributed by atoms with Gasteiger partial charge in [0.2, 0.25) is 22.5 Å². The maximum Gasteiger partial charge on any atom is 0.388 e. The van der Waals surface area contributed by atoms with Gasteiger partial charge in [0.05, 0.1) is 46.7 Å². The second-order valence-electron chi connectivity index (χ2n) is 12.5. The Balaban J connectivity index is 0.000000239. The number of sulfonamides is 1. The van der Waals surface area contributed by atoms with E-state index in [2.05, 4.69) is 29.2 Å². The van der Waals surface area contributed by atoms with E-state index in [9.17, 15) is 54.3 Å². The van der Waals surface area contributed by atoms with Gasteiger partial charge in [-0.05, 0) is 60.6 Å². The van der Waals surface area contributed by atoms with Crippen LogP contribution >= 0.6 is 57.9 Å². The highest BCUT2D eigenvalue weighted by Crippen LogP contribution is 2.34. The van der Waals surface area contributed by atoms with E-state index in [4.69, 9.17) is 49.8 Å². The Bertz CT molecular complexity index is 2900. The monoisotopic (exact) mass is 1080 g/mol. The van der Waals surface area contributed by atoms with Crippen LogP contribution in [0.25, 0.3) is 0 Å². The summed E-state index contributed by atoms with van der Waals surface area (Å²) in [4.78, 5) is 68.1. The van der Waals surface area contributed by atoms with Crippen molar-refractivity contribution in [3.8, 4) is 17.5 Å². The number of benzene rings is 3. The Kier molecular flexibility index (Phi) is 19.8. The third-order valence-electron chi connectivity index (χ3n) is 8.12. The molecule has 0 saturated heterocycles. The maximum atomic E-state index is 14.3. The second kappa shape index (κ2) is 24.7. The number of rotatable bonds is 14. The van der Waals surface area contributed by atoms with Crippen LogP contribution in [0.4, 0.5) is 38.4 Å². The number of methoxy groups -OCH3 is 2. The molecule has 2 amide bonds. The molecular weight excluding hydrogens is 1050 g/mol.